The second kappa shape index (κ2) is 8.84. The zero-order chi connectivity index (χ0) is 17.5. The maximum atomic E-state index is 13.4. The molecule has 24 heavy (non-hydrogen) atoms. The van der Waals surface area contributed by atoms with Gasteiger partial charge in [-0.2, -0.15) is 0 Å². The molecule has 0 saturated carbocycles. The SMILES string of the molecule is NCCCNC(=O)N1CCCC(C(=O)Nc2ccc(Cl)c(F)c2)C1. The smallest absolute Gasteiger partial charge is 0.317 e. The number of benzene rings is 1. The average molecular weight is 357 g/mol. The molecule has 132 valence electrons. The first-order valence-electron chi connectivity index (χ1n) is 8.00. The van der Waals surface area contributed by atoms with Gasteiger partial charge in [0.15, 0.2) is 0 Å². The Morgan fingerprint density at radius 3 is 2.92 bits per heavy atom. The minimum Gasteiger partial charge on any atom is -0.338 e. The largest absolute Gasteiger partial charge is 0.338 e. The predicted molar refractivity (Wildman–Crippen MR) is 91.4 cm³/mol. The van der Waals surface area contributed by atoms with E-state index in [1.54, 1.807) is 11.0 Å². The Balaban J connectivity index is 1.89. The molecule has 6 nitrogen and oxygen atoms in total. The highest BCUT2D eigenvalue weighted by Gasteiger charge is 2.28. The van der Waals surface area contributed by atoms with Gasteiger partial charge in [-0.05, 0) is 44.0 Å². The van der Waals surface area contributed by atoms with Gasteiger partial charge in [0.05, 0.1) is 10.9 Å². The van der Waals surface area contributed by atoms with Crippen molar-refractivity contribution in [2.24, 2.45) is 11.7 Å². The second-order valence-corrected chi connectivity index (χ2v) is 6.18. The summed E-state index contributed by atoms with van der Waals surface area (Å²) in [6.07, 6.45) is 2.15. The van der Waals surface area contributed by atoms with Crippen molar-refractivity contribution in [3.63, 3.8) is 0 Å². The lowest BCUT2D eigenvalue weighted by Gasteiger charge is -2.32. The number of halogens is 2. The number of likely N-dealkylation sites (tertiary alicyclic amines) is 1. The van der Waals surface area contributed by atoms with Crippen molar-refractivity contribution >= 4 is 29.2 Å². The van der Waals surface area contributed by atoms with Crippen molar-refractivity contribution in [1.82, 2.24) is 10.2 Å². The van der Waals surface area contributed by atoms with E-state index < -0.39 is 5.82 Å². The number of hydrogen-bond acceptors (Lipinski definition) is 3. The molecule has 1 aromatic rings. The highest BCUT2D eigenvalue weighted by Crippen LogP contribution is 2.22. The Morgan fingerprint density at radius 1 is 1.42 bits per heavy atom. The first-order chi connectivity index (χ1) is 11.5. The zero-order valence-corrected chi connectivity index (χ0v) is 14.1. The van der Waals surface area contributed by atoms with Crippen LogP contribution in [0.5, 0.6) is 0 Å². The molecular formula is C16H22ClFN4O2. The van der Waals surface area contributed by atoms with Gasteiger partial charge in [0.1, 0.15) is 5.82 Å². The minimum absolute atomic E-state index is 0.00555. The van der Waals surface area contributed by atoms with Crippen molar-refractivity contribution in [1.29, 1.82) is 0 Å². The third-order valence-corrected chi connectivity index (χ3v) is 4.23. The van der Waals surface area contributed by atoms with Gasteiger partial charge in [-0.15, -0.1) is 0 Å². The zero-order valence-electron chi connectivity index (χ0n) is 13.4. The Morgan fingerprint density at radius 2 is 2.21 bits per heavy atom. The molecule has 1 aliphatic rings. The van der Waals surface area contributed by atoms with E-state index in [1.165, 1.54) is 12.1 Å². The number of nitrogens with zero attached hydrogens (tertiary/aromatic N) is 1. The number of hydrogen-bond donors (Lipinski definition) is 3. The van der Waals surface area contributed by atoms with Crippen molar-refractivity contribution in [3.05, 3.63) is 29.0 Å². The molecule has 8 heteroatoms. The number of rotatable bonds is 5. The van der Waals surface area contributed by atoms with Gasteiger partial charge >= 0.3 is 6.03 Å². The monoisotopic (exact) mass is 356 g/mol. The number of urea groups is 1. The van der Waals surface area contributed by atoms with Gasteiger partial charge in [0, 0.05) is 25.3 Å². The summed E-state index contributed by atoms with van der Waals surface area (Å²) >= 11 is 5.63. The molecule has 0 radical (unpaired) electrons. The molecule has 0 bridgehead atoms. The summed E-state index contributed by atoms with van der Waals surface area (Å²) in [5.41, 5.74) is 5.75. The molecule has 0 aromatic heterocycles. The van der Waals surface area contributed by atoms with Crippen molar-refractivity contribution < 1.29 is 14.0 Å². The molecule has 2 rings (SSSR count). The van der Waals surface area contributed by atoms with E-state index in [4.69, 9.17) is 17.3 Å². The highest BCUT2D eigenvalue weighted by atomic mass is 35.5. The molecule has 1 saturated heterocycles. The number of carbonyl (C=O) groups is 2. The van der Waals surface area contributed by atoms with Crippen LogP contribution in [0.15, 0.2) is 18.2 Å². The van der Waals surface area contributed by atoms with Crippen molar-refractivity contribution in [2.45, 2.75) is 19.3 Å². The van der Waals surface area contributed by atoms with Crippen LogP contribution in [0.4, 0.5) is 14.9 Å². The fourth-order valence-corrected chi connectivity index (χ4v) is 2.72. The van der Waals surface area contributed by atoms with Gasteiger partial charge in [-0.1, -0.05) is 11.6 Å². The maximum absolute atomic E-state index is 13.4. The van der Waals surface area contributed by atoms with Crippen LogP contribution in [0.3, 0.4) is 0 Å². The fourth-order valence-electron chi connectivity index (χ4n) is 2.60. The Bertz CT molecular complexity index is 599. The van der Waals surface area contributed by atoms with E-state index in [9.17, 15) is 14.0 Å². The average Bonchev–Trinajstić information content (AvgIpc) is 2.58. The molecule has 1 aromatic carbocycles. The first kappa shape index (κ1) is 18.5. The van der Waals surface area contributed by atoms with Gasteiger partial charge in [0.25, 0.3) is 0 Å². The molecule has 1 atom stereocenters. The standard InChI is InChI=1S/C16H22ClFN4O2/c17-13-5-4-12(9-14(13)18)21-15(23)11-3-1-8-22(10-11)16(24)20-7-2-6-19/h4-5,9,11H,1-3,6-8,10,19H2,(H,20,24)(H,21,23). The number of nitrogens with two attached hydrogens (primary N) is 1. The van der Waals surface area contributed by atoms with Crippen LogP contribution < -0.4 is 16.4 Å². The normalized spacial score (nSPS) is 17.5. The van der Waals surface area contributed by atoms with E-state index in [0.717, 1.165) is 6.42 Å². The number of carbonyl (C=O) groups excluding carboxylic acids is 2. The van der Waals surface area contributed by atoms with Crippen LogP contribution in [0.1, 0.15) is 19.3 Å². The number of amides is 3. The van der Waals surface area contributed by atoms with E-state index in [-0.39, 0.29) is 22.9 Å². The lowest BCUT2D eigenvalue weighted by molar-refractivity contribution is -0.121. The molecule has 3 amide bonds. The topological polar surface area (TPSA) is 87.5 Å². The lowest BCUT2D eigenvalue weighted by Crippen LogP contribution is -2.48. The predicted octanol–water partition coefficient (Wildman–Crippen LogP) is 2.19. The second-order valence-electron chi connectivity index (χ2n) is 5.78. The van der Waals surface area contributed by atoms with E-state index in [1.807, 2.05) is 0 Å². The number of anilines is 1. The summed E-state index contributed by atoms with van der Waals surface area (Å²) in [6, 6.07) is 3.94. The Kier molecular flexibility index (Phi) is 6.81. The maximum Gasteiger partial charge on any atom is 0.317 e. The summed E-state index contributed by atoms with van der Waals surface area (Å²) in [6.45, 7) is 2.00. The van der Waals surface area contributed by atoms with E-state index in [0.29, 0.717) is 44.7 Å². The summed E-state index contributed by atoms with van der Waals surface area (Å²) in [4.78, 5) is 26.0. The minimum atomic E-state index is -0.584. The van der Waals surface area contributed by atoms with Crippen LogP contribution in [0, 0.1) is 11.7 Å². The van der Waals surface area contributed by atoms with E-state index >= 15 is 0 Å². The van der Waals surface area contributed by atoms with Gasteiger partial charge in [-0.25, -0.2) is 9.18 Å². The Labute approximate surface area is 145 Å². The quantitative estimate of drug-likeness (QED) is 0.707. The molecule has 0 spiro atoms. The van der Waals surface area contributed by atoms with Crippen molar-refractivity contribution in [3.8, 4) is 0 Å². The highest BCUT2D eigenvalue weighted by molar-refractivity contribution is 6.30. The number of nitrogens with one attached hydrogen (secondary N) is 2. The summed E-state index contributed by atoms with van der Waals surface area (Å²) in [5.74, 6) is -1.13. The fraction of sp³-hybridized carbons (Fsp3) is 0.500. The molecule has 0 aliphatic carbocycles. The van der Waals surface area contributed by atoms with Gasteiger partial charge in [0.2, 0.25) is 5.91 Å². The van der Waals surface area contributed by atoms with Crippen LogP contribution in [0.25, 0.3) is 0 Å². The molecular weight excluding hydrogens is 335 g/mol. The summed E-state index contributed by atoms with van der Waals surface area (Å²) in [5, 5.41) is 5.47. The molecule has 1 aliphatic heterocycles. The lowest BCUT2D eigenvalue weighted by atomic mass is 9.97. The third kappa shape index (κ3) is 5.07. The number of piperidine rings is 1. The Hall–Kier alpha value is -1.86. The van der Waals surface area contributed by atoms with Gasteiger partial charge < -0.3 is 21.3 Å². The molecule has 1 fully saturated rings. The van der Waals surface area contributed by atoms with Crippen LogP contribution in [-0.4, -0.2) is 43.0 Å². The molecule has 1 heterocycles. The first-order valence-corrected chi connectivity index (χ1v) is 8.38. The third-order valence-electron chi connectivity index (χ3n) is 3.92. The molecule has 4 N–H and O–H groups in total. The van der Waals surface area contributed by atoms with Crippen LogP contribution in [0.2, 0.25) is 5.02 Å². The van der Waals surface area contributed by atoms with E-state index in [2.05, 4.69) is 10.6 Å². The van der Waals surface area contributed by atoms with Crippen molar-refractivity contribution in [2.75, 3.05) is 31.5 Å². The van der Waals surface area contributed by atoms with Gasteiger partial charge in [-0.3, -0.25) is 4.79 Å². The van der Waals surface area contributed by atoms with Crippen LogP contribution in [-0.2, 0) is 4.79 Å². The summed E-state index contributed by atoms with van der Waals surface area (Å²) < 4.78 is 13.4. The summed E-state index contributed by atoms with van der Waals surface area (Å²) in [7, 11) is 0. The molecule has 1 unspecified atom stereocenters. The van der Waals surface area contributed by atoms with Crippen LogP contribution >= 0.6 is 11.6 Å².